The fraction of sp³-hybridized carbons (Fsp3) is 0.400. The fourth-order valence-electron chi connectivity index (χ4n) is 1.30. The minimum atomic E-state index is -4.64. The normalized spacial score (nSPS) is 14.1. The molecule has 1 rings (SSSR count). The molecule has 0 bridgehead atoms. The van der Waals surface area contributed by atoms with E-state index in [9.17, 15) is 18.3 Å². The average Bonchev–Trinajstić information content (AvgIpc) is 2.10. The Hall–Kier alpha value is -0.550. The van der Waals surface area contributed by atoms with Gasteiger partial charge in [-0.3, -0.25) is 0 Å². The van der Waals surface area contributed by atoms with Crippen LogP contribution in [0.2, 0.25) is 0 Å². The Balaban J connectivity index is 3.31. The van der Waals surface area contributed by atoms with Crippen molar-refractivity contribution in [2.75, 3.05) is 0 Å². The molecular formula is C10H10BrF3O. The van der Waals surface area contributed by atoms with Gasteiger partial charge in [0.1, 0.15) is 0 Å². The maximum Gasteiger partial charge on any atom is 0.418 e. The second-order valence-corrected chi connectivity index (χ2v) is 4.16. The van der Waals surface area contributed by atoms with Crippen molar-refractivity contribution < 1.29 is 18.3 Å². The molecule has 0 saturated carbocycles. The number of benzene rings is 1. The number of aliphatic hydroxyl groups is 1. The number of rotatable bonds is 1. The lowest BCUT2D eigenvalue weighted by atomic mass is 10.0. The molecule has 15 heavy (non-hydrogen) atoms. The molecule has 0 radical (unpaired) electrons. The van der Waals surface area contributed by atoms with Crippen molar-refractivity contribution in [1.29, 1.82) is 0 Å². The summed E-state index contributed by atoms with van der Waals surface area (Å²) < 4.78 is 37.4. The molecule has 0 aliphatic heterocycles. The number of hydrogen-bond donors (Lipinski definition) is 1. The summed E-state index contributed by atoms with van der Waals surface area (Å²) in [5.41, 5.74) is 0.971. The summed E-state index contributed by atoms with van der Waals surface area (Å²) in [5, 5.41) is 9.19. The molecule has 0 heterocycles. The zero-order chi connectivity index (χ0) is 11.8. The van der Waals surface area contributed by atoms with Crippen LogP contribution in [0.3, 0.4) is 0 Å². The Kier molecular flexibility index (Phi) is 3.45. The van der Waals surface area contributed by atoms with Crippen molar-refractivity contribution in [3.63, 3.8) is 0 Å². The third-order valence-corrected chi connectivity index (χ3v) is 3.23. The third-order valence-electron chi connectivity index (χ3n) is 2.17. The van der Waals surface area contributed by atoms with Crippen molar-refractivity contribution >= 4 is 15.9 Å². The summed E-state index contributed by atoms with van der Waals surface area (Å²) in [7, 11) is 0. The molecule has 1 atom stereocenters. The Morgan fingerprint density at radius 1 is 1.20 bits per heavy atom. The van der Waals surface area contributed by atoms with E-state index in [-0.39, 0.29) is 5.56 Å². The molecular weight excluding hydrogens is 273 g/mol. The van der Waals surface area contributed by atoms with Gasteiger partial charge in [-0.05, 0) is 25.0 Å². The van der Waals surface area contributed by atoms with Crippen LogP contribution < -0.4 is 0 Å². The molecule has 0 fully saturated rings. The van der Waals surface area contributed by atoms with Crippen LogP contribution in [0.1, 0.15) is 22.8 Å². The van der Waals surface area contributed by atoms with Crippen LogP contribution in [0.25, 0.3) is 0 Å². The zero-order valence-electron chi connectivity index (χ0n) is 8.19. The third kappa shape index (κ3) is 2.52. The summed E-state index contributed by atoms with van der Waals surface area (Å²) in [4.78, 5) is 0. The van der Waals surface area contributed by atoms with Crippen LogP contribution in [0.5, 0.6) is 0 Å². The van der Waals surface area contributed by atoms with Crippen molar-refractivity contribution in [1.82, 2.24) is 0 Å². The number of halogens is 4. The van der Waals surface area contributed by atoms with Crippen LogP contribution in [-0.2, 0) is 0 Å². The maximum atomic E-state index is 12.4. The second-order valence-electron chi connectivity index (χ2n) is 3.37. The molecule has 0 saturated heterocycles. The largest absolute Gasteiger partial charge is 0.418 e. The molecule has 0 amide bonds. The van der Waals surface area contributed by atoms with Crippen molar-refractivity contribution in [3.8, 4) is 0 Å². The van der Waals surface area contributed by atoms with Crippen LogP contribution in [0, 0.1) is 13.8 Å². The van der Waals surface area contributed by atoms with Gasteiger partial charge in [-0.2, -0.15) is 13.2 Å². The predicted molar refractivity (Wildman–Crippen MR) is 54.6 cm³/mol. The van der Waals surface area contributed by atoms with Gasteiger partial charge in [0.15, 0.2) is 6.10 Å². The molecule has 1 N–H and O–H groups in total. The smallest absolute Gasteiger partial charge is 0.379 e. The summed E-state index contributed by atoms with van der Waals surface area (Å²) in [6, 6.07) is 3.26. The molecule has 0 aliphatic carbocycles. The molecule has 1 unspecified atom stereocenters. The molecule has 0 aromatic heterocycles. The Labute approximate surface area is 94.0 Å². The van der Waals surface area contributed by atoms with Crippen LogP contribution in [-0.4, -0.2) is 11.3 Å². The molecule has 0 aliphatic rings. The van der Waals surface area contributed by atoms with Gasteiger partial charge in [0, 0.05) is 10.0 Å². The number of aryl methyl sites for hydroxylation is 2. The van der Waals surface area contributed by atoms with Crippen LogP contribution in [0.4, 0.5) is 13.2 Å². The summed E-state index contributed by atoms with van der Waals surface area (Å²) in [5.74, 6) is 0. The van der Waals surface area contributed by atoms with Crippen molar-refractivity contribution in [2.24, 2.45) is 0 Å². The highest BCUT2D eigenvalue weighted by molar-refractivity contribution is 9.10. The number of alkyl halides is 3. The van der Waals surface area contributed by atoms with E-state index in [4.69, 9.17) is 0 Å². The maximum absolute atomic E-state index is 12.4. The van der Waals surface area contributed by atoms with Gasteiger partial charge in [-0.15, -0.1) is 0 Å². The van der Waals surface area contributed by atoms with Gasteiger partial charge < -0.3 is 5.11 Å². The van der Waals surface area contributed by atoms with Gasteiger partial charge in [-0.25, -0.2) is 0 Å². The standard InChI is InChI=1S/C10H10BrF3O/c1-5-3-4-6(2)8(11)7(5)9(15)10(12,13)14/h3-4,9,15H,1-2H3. The summed E-state index contributed by atoms with van der Waals surface area (Å²) in [6.07, 6.45) is -7.08. The predicted octanol–water partition coefficient (Wildman–Crippen LogP) is 3.66. The lowest BCUT2D eigenvalue weighted by Gasteiger charge is -2.19. The van der Waals surface area contributed by atoms with Gasteiger partial charge in [-0.1, -0.05) is 28.1 Å². The first-order valence-corrected chi connectivity index (χ1v) is 5.05. The molecule has 1 aromatic carbocycles. The van der Waals surface area contributed by atoms with E-state index in [0.29, 0.717) is 15.6 Å². The van der Waals surface area contributed by atoms with Crippen molar-refractivity contribution in [3.05, 3.63) is 33.3 Å². The van der Waals surface area contributed by atoms with Gasteiger partial charge in [0.25, 0.3) is 0 Å². The molecule has 0 spiro atoms. The summed E-state index contributed by atoms with van der Waals surface area (Å²) in [6.45, 7) is 3.21. The van der Waals surface area contributed by atoms with E-state index in [0.717, 1.165) is 0 Å². The number of hydrogen-bond acceptors (Lipinski definition) is 1. The highest BCUT2D eigenvalue weighted by atomic mass is 79.9. The van der Waals surface area contributed by atoms with Gasteiger partial charge >= 0.3 is 6.18 Å². The Morgan fingerprint density at radius 2 is 1.67 bits per heavy atom. The van der Waals surface area contributed by atoms with E-state index in [2.05, 4.69) is 15.9 Å². The molecule has 1 aromatic rings. The molecule has 5 heteroatoms. The lowest BCUT2D eigenvalue weighted by Crippen LogP contribution is -2.21. The summed E-state index contributed by atoms with van der Waals surface area (Å²) >= 11 is 3.06. The van der Waals surface area contributed by atoms with E-state index < -0.39 is 12.3 Å². The van der Waals surface area contributed by atoms with E-state index >= 15 is 0 Å². The SMILES string of the molecule is Cc1ccc(C)c(C(O)C(F)(F)F)c1Br. The average molecular weight is 283 g/mol. The minimum Gasteiger partial charge on any atom is -0.379 e. The highest BCUT2D eigenvalue weighted by Gasteiger charge is 2.41. The van der Waals surface area contributed by atoms with Crippen LogP contribution in [0.15, 0.2) is 16.6 Å². The minimum absolute atomic E-state index is 0.109. The van der Waals surface area contributed by atoms with Gasteiger partial charge in [0.2, 0.25) is 0 Å². The topological polar surface area (TPSA) is 20.2 Å². The van der Waals surface area contributed by atoms with Crippen molar-refractivity contribution in [2.45, 2.75) is 26.1 Å². The van der Waals surface area contributed by atoms with E-state index in [1.807, 2.05) is 0 Å². The molecule has 84 valence electrons. The zero-order valence-corrected chi connectivity index (χ0v) is 9.78. The first-order valence-electron chi connectivity index (χ1n) is 4.25. The van der Waals surface area contributed by atoms with Crippen LogP contribution >= 0.6 is 15.9 Å². The molecule has 1 nitrogen and oxygen atoms in total. The van der Waals surface area contributed by atoms with Gasteiger partial charge in [0.05, 0.1) is 0 Å². The number of aliphatic hydroxyl groups excluding tert-OH is 1. The highest BCUT2D eigenvalue weighted by Crippen LogP contribution is 2.38. The van der Waals surface area contributed by atoms with E-state index in [1.165, 1.54) is 6.92 Å². The second kappa shape index (κ2) is 4.14. The Bertz CT molecular complexity index is 374. The first kappa shape index (κ1) is 12.5. The fourth-order valence-corrected chi connectivity index (χ4v) is 1.96. The monoisotopic (exact) mass is 282 g/mol. The quantitative estimate of drug-likeness (QED) is 0.834. The Morgan fingerprint density at radius 3 is 2.13 bits per heavy atom. The van der Waals surface area contributed by atoms with E-state index in [1.54, 1.807) is 19.1 Å². The first-order chi connectivity index (χ1) is 6.75. The lowest BCUT2D eigenvalue weighted by molar-refractivity contribution is -0.207.